The van der Waals surface area contributed by atoms with E-state index in [2.05, 4.69) is 11.9 Å². The maximum atomic E-state index is 12.9. The summed E-state index contributed by atoms with van der Waals surface area (Å²) in [5.74, 6) is -0.398. The number of hydrogen-bond donors (Lipinski definition) is 1. The summed E-state index contributed by atoms with van der Waals surface area (Å²) < 4.78 is 65.1. The number of rotatable bonds is 5. The molecule has 30 heavy (non-hydrogen) atoms. The molecule has 3 rings (SSSR count). The quantitative estimate of drug-likeness (QED) is 0.726. The van der Waals surface area contributed by atoms with Gasteiger partial charge in [0.25, 0.3) is 0 Å². The fraction of sp³-hybridized carbons (Fsp3) is 0.250. The van der Waals surface area contributed by atoms with Crippen molar-refractivity contribution in [2.75, 3.05) is 36.4 Å². The maximum Gasteiger partial charge on any atom is 0.416 e. The van der Waals surface area contributed by atoms with E-state index in [0.717, 1.165) is 18.2 Å². The highest BCUT2D eigenvalue weighted by Gasteiger charge is 2.31. The molecule has 1 N–H and O–H groups in total. The van der Waals surface area contributed by atoms with Gasteiger partial charge in [0, 0.05) is 37.6 Å². The van der Waals surface area contributed by atoms with Crippen LogP contribution in [0.2, 0.25) is 0 Å². The molecule has 0 aliphatic carbocycles. The summed E-state index contributed by atoms with van der Waals surface area (Å²) in [5, 5.41) is 2.54. The van der Waals surface area contributed by atoms with Gasteiger partial charge >= 0.3 is 6.18 Å². The molecule has 0 aromatic heterocycles. The lowest BCUT2D eigenvalue weighted by Gasteiger charge is -2.35. The van der Waals surface area contributed by atoms with E-state index in [1.807, 2.05) is 4.90 Å². The molecule has 160 valence electrons. The van der Waals surface area contributed by atoms with Crippen LogP contribution in [0.15, 0.2) is 66.1 Å². The van der Waals surface area contributed by atoms with Crippen molar-refractivity contribution in [2.24, 2.45) is 0 Å². The van der Waals surface area contributed by atoms with Crippen molar-refractivity contribution < 1.29 is 26.4 Å². The number of amides is 1. The van der Waals surface area contributed by atoms with Crippen LogP contribution < -0.4 is 10.2 Å². The molecule has 2 aromatic rings. The van der Waals surface area contributed by atoms with Crippen molar-refractivity contribution in [2.45, 2.75) is 11.1 Å². The molecule has 1 heterocycles. The number of benzene rings is 2. The molecule has 1 amide bonds. The van der Waals surface area contributed by atoms with Crippen LogP contribution in [-0.4, -0.2) is 44.8 Å². The lowest BCUT2D eigenvalue weighted by Crippen LogP contribution is -2.48. The molecule has 0 unspecified atom stereocenters. The zero-order valence-corrected chi connectivity index (χ0v) is 16.7. The summed E-state index contributed by atoms with van der Waals surface area (Å²) in [6, 6.07) is 10.6. The highest BCUT2D eigenvalue weighted by Crippen LogP contribution is 2.31. The van der Waals surface area contributed by atoms with E-state index in [-0.39, 0.29) is 18.0 Å². The largest absolute Gasteiger partial charge is 0.416 e. The summed E-state index contributed by atoms with van der Waals surface area (Å²) >= 11 is 0. The molecular formula is C20H20F3N3O3S. The first-order valence-corrected chi connectivity index (χ1v) is 10.5. The van der Waals surface area contributed by atoms with Crippen LogP contribution in [0.3, 0.4) is 0 Å². The minimum absolute atomic E-state index is 0.0992. The second-order valence-electron chi connectivity index (χ2n) is 6.65. The summed E-state index contributed by atoms with van der Waals surface area (Å²) in [4.78, 5) is 13.3. The first-order valence-electron chi connectivity index (χ1n) is 9.07. The van der Waals surface area contributed by atoms with Gasteiger partial charge in [-0.3, -0.25) is 4.79 Å². The fourth-order valence-electron chi connectivity index (χ4n) is 3.10. The zero-order chi connectivity index (χ0) is 21.9. The van der Waals surface area contributed by atoms with Crippen LogP contribution in [0.1, 0.15) is 5.56 Å². The first-order chi connectivity index (χ1) is 14.1. The maximum absolute atomic E-state index is 12.9. The highest BCUT2D eigenvalue weighted by molar-refractivity contribution is 7.89. The Morgan fingerprint density at radius 1 is 0.967 bits per heavy atom. The Hall–Kier alpha value is -2.85. The highest BCUT2D eigenvalue weighted by atomic mass is 32.2. The smallest absolute Gasteiger partial charge is 0.369 e. The first kappa shape index (κ1) is 21.8. The van der Waals surface area contributed by atoms with E-state index in [4.69, 9.17) is 0 Å². The average Bonchev–Trinajstić information content (AvgIpc) is 2.73. The van der Waals surface area contributed by atoms with Gasteiger partial charge in [-0.15, -0.1) is 0 Å². The lowest BCUT2D eigenvalue weighted by atomic mass is 10.2. The van der Waals surface area contributed by atoms with Crippen molar-refractivity contribution in [3.63, 3.8) is 0 Å². The van der Waals surface area contributed by atoms with Gasteiger partial charge in [-0.2, -0.15) is 17.5 Å². The predicted octanol–water partition coefficient (Wildman–Crippen LogP) is 3.34. The molecule has 1 fully saturated rings. The minimum atomic E-state index is -4.39. The Morgan fingerprint density at radius 3 is 2.03 bits per heavy atom. The van der Waals surface area contributed by atoms with Crippen molar-refractivity contribution in [1.29, 1.82) is 0 Å². The van der Waals surface area contributed by atoms with Crippen molar-refractivity contribution in [3.05, 3.63) is 66.7 Å². The van der Waals surface area contributed by atoms with E-state index >= 15 is 0 Å². The zero-order valence-electron chi connectivity index (χ0n) is 15.9. The molecule has 1 saturated heterocycles. The molecular weight excluding hydrogens is 419 g/mol. The number of nitrogens with zero attached hydrogens (tertiary/aromatic N) is 2. The van der Waals surface area contributed by atoms with Crippen molar-refractivity contribution >= 4 is 27.3 Å². The lowest BCUT2D eigenvalue weighted by molar-refractivity contribution is -0.137. The van der Waals surface area contributed by atoms with Crippen molar-refractivity contribution in [1.82, 2.24) is 4.31 Å². The molecule has 0 spiro atoms. The monoisotopic (exact) mass is 439 g/mol. The Balaban J connectivity index is 1.65. The van der Waals surface area contributed by atoms with Crippen LogP contribution in [0.4, 0.5) is 24.5 Å². The van der Waals surface area contributed by atoms with E-state index in [1.165, 1.54) is 40.7 Å². The molecule has 6 nitrogen and oxygen atoms in total. The molecule has 0 radical (unpaired) electrons. The molecule has 0 saturated carbocycles. The van der Waals surface area contributed by atoms with Gasteiger partial charge in [0.05, 0.1) is 10.5 Å². The van der Waals surface area contributed by atoms with Gasteiger partial charge in [0.2, 0.25) is 15.9 Å². The number of hydrogen-bond acceptors (Lipinski definition) is 4. The van der Waals surface area contributed by atoms with E-state index in [0.29, 0.717) is 24.5 Å². The van der Waals surface area contributed by atoms with Gasteiger partial charge < -0.3 is 10.2 Å². The van der Waals surface area contributed by atoms with Gasteiger partial charge in [0.15, 0.2) is 0 Å². The summed E-state index contributed by atoms with van der Waals surface area (Å²) in [7, 11) is -3.72. The Labute approximate surface area is 172 Å². The number of carbonyl (C=O) groups is 1. The van der Waals surface area contributed by atoms with E-state index in [1.54, 1.807) is 0 Å². The number of carbonyl (C=O) groups excluding carboxylic acids is 1. The molecule has 1 aliphatic heterocycles. The Bertz CT molecular complexity index is 1010. The fourth-order valence-corrected chi connectivity index (χ4v) is 4.52. The number of alkyl halides is 3. The number of anilines is 2. The summed E-state index contributed by atoms with van der Waals surface area (Å²) in [6.07, 6.45) is -3.28. The minimum Gasteiger partial charge on any atom is -0.369 e. The molecule has 10 heteroatoms. The third-order valence-corrected chi connectivity index (χ3v) is 6.66. The predicted molar refractivity (Wildman–Crippen MR) is 108 cm³/mol. The number of piperazine rings is 1. The van der Waals surface area contributed by atoms with Crippen LogP contribution in [0.5, 0.6) is 0 Å². The third kappa shape index (κ3) is 4.82. The number of nitrogens with one attached hydrogen (secondary N) is 1. The van der Waals surface area contributed by atoms with E-state index in [9.17, 15) is 26.4 Å². The van der Waals surface area contributed by atoms with Gasteiger partial charge in [-0.05, 0) is 54.6 Å². The standard InChI is InChI=1S/C20H20F3N3O3S/c1-2-19(27)24-16-5-9-18(10-6-16)30(28,29)26-13-11-25(12-14-26)17-7-3-15(4-8-17)20(21,22)23/h2-10H,1,11-14H2,(H,24,27). The normalized spacial score (nSPS) is 15.6. The topological polar surface area (TPSA) is 69.7 Å². The van der Waals surface area contributed by atoms with Gasteiger partial charge in [0.1, 0.15) is 0 Å². The van der Waals surface area contributed by atoms with Gasteiger partial charge in [-0.25, -0.2) is 8.42 Å². The van der Waals surface area contributed by atoms with Gasteiger partial charge in [-0.1, -0.05) is 6.58 Å². The van der Waals surface area contributed by atoms with Crippen LogP contribution in [0.25, 0.3) is 0 Å². The second kappa shape index (κ2) is 8.49. The molecule has 1 aliphatic rings. The van der Waals surface area contributed by atoms with Crippen molar-refractivity contribution in [3.8, 4) is 0 Å². The third-order valence-electron chi connectivity index (χ3n) is 4.74. The summed E-state index contributed by atoms with van der Waals surface area (Å²) in [6.45, 7) is 4.48. The second-order valence-corrected chi connectivity index (χ2v) is 8.59. The van der Waals surface area contributed by atoms with Crippen LogP contribution >= 0.6 is 0 Å². The van der Waals surface area contributed by atoms with Crippen LogP contribution in [0, 0.1) is 0 Å². The Kier molecular flexibility index (Phi) is 6.18. The molecule has 0 atom stereocenters. The Morgan fingerprint density at radius 2 is 1.53 bits per heavy atom. The van der Waals surface area contributed by atoms with Crippen LogP contribution in [-0.2, 0) is 21.0 Å². The number of sulfonamides is 1. The SMILES string of the molecule is C=CC(=O)Nc1ccc(S(=O)(=O)N2CCN(c3ccc(C(F)(F)F)cc3)CC2)cc1. The average molecular weight is 439 g/mol. The summed E-state index contributed by atoms with van der Waals surface area (Å²) in [5.41, 5.74) is 0.341. The molecule has 2 aromatic carbocycles. The van der Waals surface area contributed by atoms with E-state index < -0.39 is 27.7 Å². The molecule has 0 bridgehead atoms. The number of halogens is 3.